The van der Waals surface area contributed by atoms with Crippen molar-refractivity contribution < 1.29 is 22.7 Å². The van der Waals surface area contributed by atoms with Gasteiger partial charge in [0, 0.05) is 15.4 Å². The molecular formula is C15H13BrF3N3O2S. The highest BCUT2D eigenvalue weighted by Gasteiger charge is 2.37. The van der Waals surface area contributed by atoms with Gasteiger partial charge in [-0.05, 0) is 19.1 Å². The van der Waals surface area contributed by atoms with Crippen molar-refractivity contribution in [1.82, 2.24) is 4.98 Å². The Morgan fingerprint density at radius 2 is 2.04 bits per heavy atom. The van der Waals surface area contributed by atoms with Crippen molar-refractivity contribution in [2.24, 2.45) is 5.10 Å². The Labute approximate surface area is 154 Å². The molecule has 0 saturated carbocycles. The van der Waals surface area contributed by atoms with Gasteiger partial charge in [0.15, 0.2) is 5.71 Å². The first kappa shape index (κ1) is 19.4. The summed E-state index contributed by atoms with van der Waals surface area (Å²) >= 11 is 4.43. The van der Waals surface area contributed by atoms with Gasteiger partial charge in [0.2, 0.25) is 5.13 Å². The number of rotatable bonds is 6. The van der Waals surface area contributed by atoms with Crippen LogP contribution in [0, 0.1) is 0 Å². The minimum absolute atomic E-state index is 0.000426. The van der Waals surface area contributed by atoms with E-state index in [1.54, 1.807) is 5.38 Å². The number of aromatic nitrogens is 1. The van der Waals surface area contributed by atoms with E-state index < -0.39 is 24.3 Å². The molecule has 0 unspecified atom stereocenters. The molecule has 5 nitrogen and oxygen atoms in total. The Hall–Kier alpha value is -1.94. The third-order valence-electron chi connectivity index (χ3n) is 2.88. The van der Waals surface area contributed by atoms with Crippen molar-refractivity contribution in [3.05, 3.63) is 34.1 Å². The Kier molecular flexibility index (Phi) is 6.54. The molecule has 0 saturated heterocycles. The van der Waals surface area contributed by atoms with Crippen LogP contribution in [0.4, 0.5) is 18.3 Å². The van der Waals surface area contributed by atoms with E-state index in [0.29, 0.717) is 5.69 Å². The molecule has 2 rings (SSSR count). The molecule has 2 aromatic rings. The van der Waals surface area contributed by atoms with Crippen LogP contribution in [0.25, 0.3) is 11.3 Å². The number of nitrogens with zero attached hydrogens (tertiary/aromatic N) is 2. The number of halogens is 4. The van der Waals surface area contributed by atoms with Crippen molar-refractivity contribution in [3.8, 4) is 11.3 Å². The maximum Gasteiger partial charge on any atom is 0.431 e. The van der Waals surface area contributed by atoms with Crippen molar-refractivity contribution in [2.75, 3.05) is 12.0 Å². The van der Waals surface area contributed by atoms with Crippen molar-refractivity contribution in [2.45, 2.75) is 19.5 Å². The van der Waals surface area contributed by atoms with Gasteiger partial charge in [-0.2, -0.15) is 18.3 Å². The van der Waals surface area contributed by atoms with Crippen LogP contribution in [0.15, 0.2) is 39.2 Å². The smallest absolute Gasteiger partial charge is 0.431 e. The Morgan fingerprint density at radius 3 is 2.64 bits per heavy atom. The first-order valence-electron chi connectivity index (χ1n) is 7.06. The quantitative estimate of drug-likeness (QED) is 0.399. The molecule has 0 amide bonds. The summed E-state index contributed by atoms with van der Waals surface area (Å²) in [5.41, 5.74) is 2.41. The van der Waals surface area contributed by atoms with Crippen molar-refractivity contribution in [1.29, 1.82) is 0 Å². The number of hydrogen-bond acceptors (Lipinski definition) is 6. The first-order valence-corrected chi connectivity index (χ1v) is 8.73. The number of nitrogens with one attached hydrogen (secondary N) is 1. The minimum atomic E-state index is -4.74. The van der Waals surface area contributed by atoms with Gasteiger partial charge >= 0.3 is 12.1 Å². The summed E-state index contributed by atoms with van der Waals surface area (Å²) in [4.78, 5) is 15.5. The fourth-order valence-corrected chi connectivity index (χ4v) is 2.67. The van der Waals surface area contributed by atoms with Crippen LogP contribution >= 0.6 is 27.3 Å². The zero-order valence-electron chi connectivity index (χ0n) is 12.9. The highest BCUT2D eigenvalue weighted by molar-refractivity contribution is 9.10. The van der Waals surface area contributed by atoms with Crippen LogP contribution in [0.3, 0.4) is 0 Å². The molecule has 1 N–H and O–H groups in total. The third kappa shape index (κ3) is 5.82. The Balaban J connectivity index is 2.12. The molecule has 0 aliphatic heterocycles. The van der Waals surface area contributed by atoms with Gasteiger partial charge in [-0.15, -0.1) is 11.3 Å². The van der Waals surface area contributed by atoms with Gasteiger partial charge in [0.25, 0.3) is 0 Å². The van der Waals surface area contributed by atoms with E-state index in [1.165, 1.54) is 6.92 Å². The number of esters is 1. The maximum atomic E-state index is 12.9. The average Bonchev–Trinajstić information content (AvgIpc) is 3.00. The van der Waals surface area contributed by atoms with Gasteiger partial charge in [0.1, 0.15) is 0 Å². The second kappa shape index (κ2) is 8.43. The van der Waals surface area contributed by atoms with Crippen LogP contribution in [0.1, 0.15) is 13.3 Å². The summed E-state index contributed by atoms with van der Waals surface area (Å²) in [6.45, 7) is 1.51. The molecule has 25 heavy (non-hydrogen) atoms. The largest absolute Gasteiger partial charge is 0.466 e. The zero-order chi connectivity index (χ0) is 18.4. The number of anilines is 1. The Morgan fingerprint density at radius 1 is 1.36 bits per heavy atom. The molecule has 0 atom stereocenters. The van der Waals surface area contributed by atoms with E-state index in [9.17, 15) is 18.0 Å². The topological polar surface area (TPSA) is 63.6 Å². The van der Waals surface area contributed by atoms with Crippen LogP contribution in [-0.2, 0) is 9.53 Å². The van der Waals surface area contributed by atoms with E-state index in [-0.39, 0.29) is 11.7 Å². The number of hydrazone groups is 1. The highest BCUT2D eigenvalue weighted by Crippen LogP contribution is 2.27. The van der Waals surface area contributed by atoms with Crippen molar-refractivity contribution in [3.63, 3.8) is 0 Å². The van der Waals surface area contributed by atoms with E-state index in [2.05, 4.69) is 36.2 Å². The molecule has 1 aromatic carbocycles. The molecule has 1 aromatic heterocycles. The van der Waals surface area contributed by atoms with Crippen LogP contribution in [0.5, 0.6) is 0 Å². The number of alkyl halides is 3. The highest BCUT2D eigenvalue weighted by atomic mass is 79.9. The lowest BCUT2D eigenvalue weighted by atomic mass is 10.2. The molecule has 1 heterocycles. The standard InChI is InChI=1S/C15H13BrF3N3O2S/c1-2-24-13(23)7-12(15(17,18)19)21-22-14-20-11(8-25-14)9-3-5-10(16)6-4-9/h3-6,8H,2,7H2,1H3,(H,20,22). The van der Waals surface area contributed by atoms with Gasteiger partial charge in [-0.25, -0.2) is 4.98 Å². The van der Waals surface area contributed by atoms with Crippen molar-refractivity contribution >= 4 is 44.1 Å². The molecule has 10 heteroatoms. The van der Waals surface area contributed by atoms with Gasteiger partial charge in [-0.1, -0.05) is 28.1 Å². The molecule has 0 bridgehead atoms. The van der Waals surface area contributed by atoms with Crippen LogP contribution in [-0.4, -0.2) is 29.4 Å². The number of benzene rings is 1. The Bertz CT molecular complexity index is 760. The molecule has 0 fully saturated rings. The summed E-state index contributed by atoms with van der Waals surface area (Å²) in [6.07, 6.45) is -5.71. The minimum Gasteiger partial charge on any atom is -0.466 e. The van der Waals surface area contributed by atoms with Gasteiger partial charge in [0.05, 0.1) is 18.7 Å². The fraction of sp³-hybridized carbons (Fsp3) is 0.267. The predicted octanol–water partition coefficient (Wildman–Crippen LogP) is 4.86. The SMILES string of the molecule is CCOC(=O)CC(=NNc1nc(-c2ccc(Br)cc2)cs1)C(F)(F)F. The van der Waals surface area contributed by atoms with Gasteiger partial charge in [-0.3, -0.25) is 10.2 Å². The predicted molar refractivity (Wildman–Crippen MR) is 93.6 cm³/mol. The number of carbonyl (C=O) groups is 1. The van der Waals surface area contributed by atoms with E-state index >= 15 is 0 Å². The zero-order valence-corrected chi connectivity index (χ0v) is 15.3. The average molecular weight is 436 g/mol. The summed E-state index contributed by atoms with van der Waals surface area (Å²) in [6, 6.07) is 7.32. The summed E-state index contributed by atoms with van der Waals surface area (Å²) in [5, 5.41) is 5.17. The second-order valence-electron chi connectivity index (χ2n) is 4.69. The van der Waals surface area contributed by atoms with Crippen LogP contribution < -0.4 is 5.43 Å². The lowest BCUT2D eigenvalue weighted by Crippen LogP contribution is -2.27. The third-order valence-corrected chi connectivity index (χ3v) is 4.15. The number of ether oxygens (including phenoxy) is 1. The normalized spacial score (nSPS) is 12.1. The monoisotopic (exact) mass is 435 g/mol. The first-order chi connectivity index (χ1) is 11.8. The number of hydrogen-bond donors (Lipinski definition) is 1. The lowest BCUT2D eigenvalue weighted by Gasteiger charge is -2.09. The maximum absolute atomic E-state index is 12.9. The number of carbonyl (C=O) groups excluding carboxylic acids is 1. The molecule has 0 aliphatic rings. The number of thiazole rings is 1. The molecule has 0 spiro atoms. The molecular weight excluding hydrogens is 423 g/mol. The second-order valence-corrected chi connectivity index (χ2v) is 6.47. The molecule has 0 radical (unpaired) electrons. The van der Waals surface area contributed by atoms with Crippen LogP contribution in [0.2, 0.25) is 0 Å². The van der Waals surface area contributed by atoms with E-state index in [1.807, 2.05) is 24.3 Å². The van der Waals surface area contributed by atoms with Gasteiger partial charge < -0.3 is 4.74 Å². The summed E-state index contributed by atoms with van der Waals surface area (Å²) < 4.78 is 44.2. The summed E-state index contributed by atoms with van der Waals surface area (Å²) in [5.74, 6) is -0.991. The lowest BCUT2D eigenvalue weighted by molar-refractivity contribution is -0.142. The van der Waals surface area contributed by atoms with E-state index in [0.717, 1.165) is 21.4 Å². The fourth-order valence-electron chi connectivity index (χ4n) is 1.75. The van der Waals surface area contributed by atoms with E-state index in [4.69, 9.17) is 0 Å². The molecule has 134 valence electrons. The molecule has 0 aliphatic carbocycles. The summed E-state index contributed by atoms with van der Waals surface area (Å²) in [7, 11) is 0.